The van der Waals surface area contributed by atoms with Gasteiger partial charge in [0.2, 0.25) is 0 Å². The number of methoxy groups -OCH3 is 1. The van der Waals surface area contributed by atoms with Crippen LogP contribution in [0, 0.1) is 0 Å². The lowest BCUT2D eigenvalue weighted by Gasteiger charge is -2.24. The summed E-state index contributed by atoms with van der Waals surface area (Å²) in [6.07, 6.45) is 1.25. The quantitative estimate of drug-likeness (QED) is 0.653. The zero-order valence-electron chi connectivity index (χ0n) is 10.0. The molecular weight excluding hydrogens is 210 g/mol. The number of hydrogen-bond acceptors (Lipinski definition) is 5. The second kappa shape index (κ2) is 6.83. The number of β-amino-alcohol motifs (C(OH)–C–C–N with tert-alkyl or cyclic N) is 1. The Morgan fingerprint density at radius 1 is 1.62 bits per heavy atom. The van der Waals surface area contributed by atoms with Crippen molar-refractivity contribution < 1.29 is 19.4 Å². The van der Waals surface area contributed by atoms with Gasteiger partial charge in [0, 0.05) is 13.2 Å². The summed E-state index contributed by atoms with van der Waals surface area (Å²) in [5.74, 6) is -0.207. The van der Waals surface area contributed by atoms with E-state index in [1.807, 2.05) is 11.8 Å². The van der Waals surface area contributed by atoms with E-state index in [0.29, 0.717) is 19.8 Å². The molecule has 1 heterocycles. The van der Waals surface area contributed by atoms with Crippen molar-refractivity contribution in [3.63, 3.8) is 0 Å². The van der Waals surface area contributed by atoms with Crippen molar-refractivity contribution in [1.82, 2.24) is 4.90 Å². The molecule has 1 saturated heterocycles. The molecule has 0 aromatic heterocycles. The van der Waals surface area contributed by atoms with Gasteiger partial charge in [-0.05, 0) is 26.3 Å². The fourth-order valence-electron chi connectivity index (χ4n) is 2.02. The van der Waals surface area contributed by atoms with Crippen molar-refractivity contribution in [2.45, 2.75) is 31.9 Å². The number of nitrogens with zero attached hydrogens (tertiary/aromatic N) is 1. The van der Waals surface area contributed by atoms with Gasteiger partial charge in [-0.1, -0.05) is 0 Å². The van der Waals surface area contributed by atoms with Crippen molar-refractivity contribution in [2.75, 3.05) is 33.4 Å². The summed E-state index contributed by atoms with van der Waals surface area (Å²) >= 11 is 0. The van der Waals surface area contributed by atoms with Crippen molar-refractivity contribution in [3.05, 3.63) is 0 Å². The molecule has 1 rings (SSSR count). The number of rotatable bonds is 6. The summed E-state index contributed by atoms with van der Waals surface area (Å²) in [5, 5.41) is 9.69. The minimum atomic E-state index is -0.537. The molecule has 0 aliphatic carbocycles. The highest BCUT2D eigenvalue weighted by Crippen LogP contribution is 2.18. The van der Waals surface area contributed by atoms with E-state index < -0.39 is 6.10 Å². The zero-order chi connectivity index (χ0) is 12.0. The maximum Gasteiger partial charge on any atom is 0.323 e. The molecule has 5 heteroatoms. The van der Waals surface area contributed by atoms with E-state index in [4.69, 9.17) is 9.47 Å². The van der Waals surface area contributed by atoms with Gasteiger partial charge in [-0.2, -0.15) is 0 Å². The number of ether oxygens (including phenoxy) is 2. The summed E-state index contributed by atoms with van der Waals surface area (Å²) in [6, 6.07) is -0.193. The van der Waals surface area contributed by atoms with Gasteiger partial charge in [0.1, 0.15) is 6.04 Å². The Kier molecular flexibility index (Phi) is 5.73. The van der Waals surface area contributed by atoms with Crippen molar-refractivity contribution >= 4 is 5.97 Å². The van der Waals surface area contributed by atoms with Crippen LogP contribution < -0.4 is 0 Å². The van der Waals surface area contributed by atoms with E-state index in [9.17, 15) is 9.90 Å². The highest BCUT2D eigenvalue weighted by molar-refractivity contribution is 5.75. The van der Waals surface area contributed by atoms with Crippen LogP contribution in [0.2, 0.25) is 0 Å². The van der Waals surface area contributed by atoms with Gasteiger partial charge in [-0.25, -0.2) is 0 Å². The fourth-order valence-corrected chi connectivity index (χ4v) is 2.02. The van der Waals surface area contributed by atoms with Gasteiger partial charge < -0.3 is 14.6 Å². The normalized spacial score (nSPS) is 23.3. The molecule has 0 amide bonds. The topological polar surface area (TPSA) is 59.0 Å². The molecule has 0 saturated carbocycles. The van der Waals surface area contributed by atoms with E-state index in [2.05, 4.69) is 0 Å². The van der Waals surface area contributed by atoms with E-state index in [-0.39, 0.29) is 12.0 Å². The summed E-state index contributed by atoms with van der Waals surface area (Å²) in [7, 11) is 1.40. The van der Waals surface area contributed by atoms with Crippen molar-refractivity contribution in [2.24, 2.45) is 0 Å². The number of carbonyl (C=O) groups excluding carboxylic acids is 1. The number of carbonyl (C=O) groups is 1. The van der Waals surface area contributed by atoms with Gasteiger partial charge in [-0.3, -0.25) is 9.69 Å². The molecule has 0 radical (unpaired) electrons. The van der Waals surface area contributed by atoms with Gasteiger partial charge in [0.25, 0.3) is 0 Å². The van der Waals surface area contributed by atoms with E-state index in [0.717, 1.165) is 19.4 Å². The first-order chi connectivity index (χ1) is 7.69. The second-order valence-corrected chi connectivity index (χ2v) is 3.99. The minimum absolute atomic E-state index is 0.193. The molecule has 0 spiro atoms. The summed E-state index contributed by atoms with van der Waals surface area (Å²) in [5.41, 5.74) is 0. The predicted molar refractivity (Wildman–Crippen MR) is 59.1 cm³/mol. The van der Waals surface area contributed by atoms with Crippen LogP contribution >= 0.6 is 0 Å². The van der Waals surface area contributed by atoms with Crippen LogP contribution in [-0.2, 0) is 14.3 Å². The predicted octanol–water partition coefficient (Wildman–Crippen LogP) is 0.0212. The van der Waals surface area contributed by atoms with Crippen LogP contribution in [0.4, 0.5) is 0 Å². The SMILES string of the molecule is CCOCC(O)CN1CCCC1C(=O)OC. The number of aliphatic hydroxyl groups is 1. The molecule has 2 atom stereocenters. The first-order valence-corrected chi connectivity index (χ1v) is 5.76. The van der Waals surface area contributed by atoms with Crippen LogP contribution in [0.5, 0.6) is 0 Å². The van der Waals surface area contributed by atoms with Crippen LogP contribution in [0.15, 0.2) is 0 Å². The third kappa shape index (κ3) is 3.73. The number of esters is 1. The van der Waals surface area contributed by atoms with Crippen molar-refractivity contribution in [3.8, 4) is 0 Å². The lowest BCUT2D eigenvalue weighted by molar-refractivity contribution is -0.146. The molecule has 1 N–H and O–H groups in total. The summed E-state index contributed by atoms with van der Waals surface area (Å²) in [4.78, 5) is 13.4. The number of hydrogen-bond donors (Lipinski definition) is 1. The second-order valence-electron chi connectivity index (χ2n) is 3.99. The molecule has 1 fully saturated rings. The Morgan fingerprint density at radius 2 is 2.38 bits per heavy atom. The molecule has 0 bridgehead atoms. The summed E-state index contributed by atoms with van der Waals surface area (Å²) in [6.45, 7) is 4.11. The Balaban J connectivity index is 2.37. The van der Waals surface area contributed by atoms with Gasteiger partial charge in [-0.15, -0.1) is 0 Å². The van der Waals surface area contributed by atoms with Crippen LogP contribution in [0.25, 0.3) is 0 Å². The van der Waals surface area contributed by atoms with Crippen molar-refractivity contribution in [1.29, 1.82) is 0 Å². The molecule has 16 heavy (non-hydrogen) atoms. The molecule has 1 aliphatic rings. The molecule has 5 nitrogen and oxygen atoms in total. The fraction of sp³-hybridized carbons (Fsp3) is 0.909. The van der Waals surface area contributed by atoms with E-state index >= 15 is 0 Å². The van der Waals surface area contributed by atoms with Crippen LogP contribution in [0.1, 0.15) is 19.8 Å². The summed E-state index contributed by atoms with van der Waals surface area (Å²) < 4.78 is 9.87. The van der Waals surface area contributed by atoms with E-state index in [1.54, 1.807) is 0 Å². The molecule has 2 unspecified atom stereocenters. The molecule has 0 aromatic rings. The Morgan fingerprint density at radius 3 is 3.00 bits per heavy atom. The molecule has 1 aliphatic heterocycles. The Bertz CT molecular complexity index is 222. The molecule has 94 valence electrons. The smallest absolute Gasteiger partial charge is 0.323 e. The highest BCUT2D eigenvalue weighted by atomic mass is 16.5. The monoisotopic (exact) mass is 231 g/mol. The first kappa shape index (κ1) is 13.4. The first-order valence-electron chi connectivity index (χ1n) is 5.76. The Labute approximate surface area is 96.3 Å². The van der Waals surface area contributed by atoms with Crippen LogP contribution in [0.3, 0.4) is 0 Å². The van der Waals surface area contributed by atoms with Gasteiger partial charge in [0.15, 0.2) is 0 Å². The lowest BCUT2D eigenvalue weighted by Crippen LogP contribution is -2.42. The number of aliphatic hydroxyl groups excluding tert-OH is 1. The third-order valence-corrected chi connectivity index (χ3v) is 2.80. The maximum absolute atomic E-state index is 11.4. The minimum Gasteiger partial charge on any atom is -0.468 e. The number of likely N-dealkylation sites (tertiary alicyclic amines) is 1. The third-order valence-electron chi connectivity index (χ3n) is 2.80. The van der Waals surface area contributed by atoms with E-state index in [1.165, 1.54) is 7.11 Å². The average Bonchev–Trinajstić information content (AvgIpc) is 2.73. The van der Waals surface area contributed by atoms with Gasteiger partial charge >= 0.3 is 5.97 Å². The largest absolute Gasteiger partial charge is 0.468 e. The van der Waals surface area contributed by atoms with Crippen LogP contribution in [-0.4, -0.2) is 61.5 Å². The average molecular weight is 231 g/mol. The Hall–Kier alpha value is -0.650. The standard InChI is InChI=1S/C11H21NO4/c1-3-16-8-9(13)7-12-6-4-5-10(12)11(14)15-2/h9-10,13H,3-8H2,1-2H3. The lowest BCUT2D eigenvalue weighted by atomic mass is 10.2. The highest BCUT2D eigenvalue weighted by Gasteiger charge is 2.32. The maximum atomic E-state index is 11.4. The molecular formula is C11H21NO4. The van der Waals surface area contributed by atoms with Gasteiger partial charge in [0.05, 0.1) is 19.8 Å². The zero-order valence-corrected chi connectivity index (χ0v) is 10.0. The molecule has 0 aromatic carbocycles.